The first-order valence-corrected chi connectivity index (χ1v) is 8.25. The van der Waals surface area contributed by atoms with Gasteiger partial charge in [0.05, 0.1) is 25.9 Å². The first-order valence-electron chi connectivity index (χ1n) is 8.25. The third kappa shape index (κ3) is 4.30. The molecule has 6 N–H and O–H groups in total. The third-order valence-electron chi connectivity index (χ3n) is 4.79. The monoisotopic (exact) mass is 368 g/mol. The van der Waals surface area contributed by atoms with Gasteiger partial charge in [-0.25, -0.2) is 0 Å². The van der Waals surface area contributed by atoms with E-state index in [9.17, 15) is 30.6 Å². The molecular weight excluding hydrogens is 340 g/mol. The van der Waals surface area contributed by atoms with Crippen LogP contribution >= 0.6 is 0 Å². The highest BCUT2D eigenvalue weighted by molar-refractivity contribution is 4.95. The molecule has 2 heterocycles. The van der Waals surface area contributed by atoms with Crippen molar-refractivity contribution in [3.05, 3.63) is 0 Å². The van der Waals surface area contributed by atoms with E-state index in [4.69, 9.17) is 18.9 Å². The molecule has 4 unspecified atom stereocenters. The van der Waals surface area contributed by atoms with Crippen LogP contribution in [0.2, 0.25) is 0 Å². The van der Waals surface area contributed by atoms with Crippen molar-refractivity contribution in [1.29, 1.82) is 0 Å². The first kappa shape index (κ1) is 20.9. The Kier molecular flexibility index (Phi) is 7.52. The van der Waals surface area contributed by atoms with Crippen LogP contribution in [0.3, 0.4) is 0 Å². The maximum atomic E-state index is 10.2. The molecule has 2 aliphatic heterocycles. The highest BCUT2D eigenvalue weighted by atomic mass is 16.6. The van der Waals surface area contributed by atoms with Crippen molar-refractivity contribution in [1.82, 2.24) is 0 Å². The van der Waals surface area contributed by atoms with Gasteiger partial charge >= 0.3 is 0 Å². The molecule has 0 bridgehead atoms. The number of ether oxygens (including phenoxy) is 4. The van der Waals surface area contributed by atoms with Crippen LogP contribution in [0.15, 0.2) is 0 Å². The fraction of sp³-hybridized carbons (Fsp3) is 1.00. The summed E-state index contributed by atoms with van der Waals surface area (Å²) in [6.07, 6.45) is -10.3. The van der Waals surface area contributed by atoms with Crippen molar-refractivity contribution in [2.24, 2.45) is 0 Å². The topological polar surface area (TPSA) is 158 Å². The van der Waals surface area contributed by atoms with Crippen molar-refractivity contribution < 1.29 is 49.6 Å². The van der Waals surface area contributed by atoms with Gasteiger partial charge in [0.15, 0.2) is 0 Å². The Hall–Kier alpha value is -0.400. The highest BCUT2D eigenvalue weighted by Gasteiger charge is 2.47. The Labute approximate surface area is 145 Å². The van der Waals surface area contributed by atoms with Crippen LogP contribution in [0.1, 0.15) is 6.92 Å². The van der Waals surface area contributed by atoms with E-state index < -0.39 is 67.6 Å². The van der Waals surface area contributed by atoms with E-state index in [-0.39, 0.29) is 13.2 Å². The second kappa shape index (κ2) is 9.00. The number of rotatable bonds is 6. The van der Waals surface area contributed by atoms with Gasteiger partial charge in [-0.1, -0.05) is 0 Å². The zero-order chi connectivity index (χ0) is 18.7. The summed E-state index contributed by atoms with van der Waals surface area (Å²) < 4.78 is 21.8. The Morgan fingerprint density at radius 1 is 0.760 bits per heavy atom. The highest BCUT2D eigenvalue weighted by Crippen LogP contribution is 2.27. The largest absolute Gasteiger partial charge is 0.394 e. The van der Waals surface area contributed by atoms with Crippen LogP contribution in [0, 0.1) is 0 Å². The summed E-state index contributed by atoms with van der Waals surface area (Å²) >= 11 is 0. The second-order valence-corrected chi connectivity index (χ2v) is 6.42. The third-order valence-corrected chi connectivity index (χ3v) is 4.79. The normalized spacial score (nSPS) is 48.5. The van der Waals surface area contributed by atoms with E-state index >= 15 is 0 Å². The van der Waals surface area contributed by atoms with Gasteiger partial charge in [0.25, 0.3) is 0 Å². The van der Waals surface area contributed by atoms with Crippen molar-refractivity contribution in [3.8, 4) is 0 Å². The van der Waals surface area contributed by atoms with Crippen molar-refractivity contribution >= 4 is 0 Å². The molecule has 25 heavy (non-hydrogen) atoms. The molecule has 0 radical (unpaired) electrons. The van der Waals surface area contributed by atoms with Crippen LogP contribution in [-0.2, 0) is 18.9 Å². The number of hydrogen-bond acceptors (Lipinski definition) is 10. The smallest absolute Gasteiger partial charge is 0.114 e. The van der Waals surface area contributed by atoms with Crippen LogP contribution in [0.25, 0.3) is 0 Å². The van der Waals surface area contributed by atoms with E-state index in [1.165, 1.54) is 7.11 Å². The SMILES string of the molecule is CO[C@@H]1C(OC[C@H]2OC(CO)[C@H](O)[C@H](O)C2O)[C@@H](C)OC(CO)[C@@H]1O. The summed E-state index contributed by atoms with van der Waals surface area (Å²) in [7, 11) is 1.39. The average molecular weight is 368 g/mol. The van der Waals surface area contributed by atoms with Crippen LogP contribution in [0.4, 0.5) is 0 Å². The maximum absolute atomic E-state index is 10.2. The van der Waals surface area contributed by atoms with Gasteiger partial charge < -0.3 is 49.6 Å². The fourth-order valence-electron chi connectivity index (χ4n) is 3.28. The molecule has 0 aliphatic carbocycles. The van der Waals surface area contributed by atoms with E-state index in [1.807, 2.05) is 0 Å². The molecule has 2 saturated heterocycles. The van der Waals surface area contributed by atoms with E-state index in [2.05, 4.69) is 0 Å². The zero-order valence-corrected chi connectivity index (χ0v) is 14.2. The Balaban J connectivity index is 2.01. The van der Waals surface area contributed by atoms with Gasteiger partial charge in [-0.05, 0) is 6.92 Å². The number of aliphatic hydroxyl groups excluding tert-OH is 6. The van der Waals surface area contributed by atoms with Crippen molar-refractivity contribution in [3.63, 3.8) is 0 Å². The number of hydrogen-bond donors (Lipinski definition) is 6. The predicted molar refractivity (Wildman–Crippen MR) is 81.7 cm³/mol. The summed E-state index contributed by atoms with van der Waals surface area (Å²) in [5.41, 5.74) is 0. The molecule has 10 heteroatoms. The van der Waals surface area contributed by atoms with Gasteiger partial charge in [0, 0.05) is 7.11 Å². The van der Waals surface area contributed by atoms with Gasteiger partial charge in [0.1, 0.15) is 54.9 Å². The lowest BCUT2D eigenvalue weighted by molar-refractivity contribution is -0.270. The Morgan fingerprint density at radius 3 is 1.88 bits per heavy atom. The van der Waals surface area contributed by atoms with Crippen LogP contribution in [0.5, 0.6) is 0 Å². The molecule has 0 aromatic rings. The molecule has 10 atom stereocenters. The molecule has 2 aliphatic rings. The molecule has 0 amide bonds. The maximum Gasteiger partial charge on any atom is 0.114 e. The fourth-order valence-corrected chi connectivity index (χ4v) is 3.28. The lowest BCUT2D eigenvalue weighted by Gasteiger charge is -2.44. The standard InChI is InChI=1S/C15H28O10/c1-6-14(15(22-2)12(20)8(4-17)24-6)23-5-9-11(19)13(21)10(18)7(3-16)25-9/h6-21H,3-5H2,1-2H3/t6-,7?,8?,9-,10+,11?,12+,13+,14?,15+/m1/s1. The molecular formula is C15H28O10. The van der Waals surface area contributed by atoms with E-state index in [0.29, 0.717) is 0 Å². The summed E-state index contributed by atoms with van der Waals surface area (Å²) in [5.74, 6) is 0. The summed E-state index contributed by atoms with van der Waals surface area (Å²) in [4.78, 5) is 0. The van der Waals surface area contributed by atoms with Crippen LogP contribution in [-0.4, -0.2) is 119 Å². The number of methoxy groups -OCH3 is 1. The molecule has 148 valence electrons. The zero-order valence-electron chi connectivity index (χ0n) is 14.2. The summed E-state index contributed by atoms with van der Waals surface area (Å²) in [6, 6.07) is 0. The first-order chi connectivity index (χ1) is 11.8. The Morgan fingerprint density at radius 2 is 1.32 bits per heavy atom. The number of aliphatic hydroxyl groups is 6. The molecule has 0 saturated carbocycles. The Bertz CT molecular complexity index is 408. The minimum Gasteiger partial charge on any atom is -0.394 e. The van der Waals surface area contributed by atoms with Gasteiger partial charge in [-0.3, -0.25) is 0 Å². The van der Waals surface area contributed by atoms with Crippen LogP contribution < -0.4 is 0 Å². The van der Waals surface area contributed by atoms with Gasteiger partial charge in [-0.2, -0.15) is 0 Å². The quantitative estimate of drug-likeness (QED) is 0.276. The molecule has 0 spiro atoms. The lowest BCUT2D eigenvalue weighted by Crippen LogP contribution is -2.62. The minimum absolute atomic E-state index is 0.184. The van der Waals surface area contributed by atoms with E-state index in [0.717, 1.165) is 0 Å². The molecule has 10 nitrogen and oxygen atoms in total. The van der Waals surface area contributed by atoms with Gasteiger partial charge in [0.2, 0.25) is 0 Å². The van der Waals surface area contributed by atoms with Gasteiger partial charge in [-0.15, -0.1) is 0 Å². The van der Waals surface area contributed by atoms with Crippen molar-refractivity contribution in [2.75, 3.05) is 26.9 Å². The molecule has 0 aromatic carbocycles. The lowest BCUT2D eigenvalue weighted by atomic mass is 9.94. The average Bonchev–Trinajstić information content (AvgIpc) is 2.61. The van der Waals surface area contributed by atoms with E-state index in [1.54, 1.807) is 6.92 Å². The molecule has 0 aromatic heterocycles. The minimum atomic E-state index is -1.48. The summed E-state index contributed by atoms with van der Waals surface area (Å²) in [5, 5.41) is 58.2. The molecule has 2 rings (SSSR count). The summed E-state index contributed by atoms with van der Waals surface area (Å²) in [6.45, 7) is 0.613. The predicted octanol–water partition coefficient (Wildman–Crippen LogP) is -3.63. The van der Waals surface area contributed by atoms with Crippen molar-refractivity contribution in [2.45, 2.75) is 68.0 Å². The molecule has 2 fully saturated rings. The second-order valence-electron chi connectivity index (χ2n) is 6.42.